The summed E-state index contributed by atoms with van der Waals surface area (Å²) in [5.41, 5.74) is -0.322. The van der Waals surface area contributed by atoms with Gasteiger partial charge in [-0.25, -0.2) is 4.68 Å². The summed E-state index contributed by atoms with van der Waals surface area (Å²) in [4.78, 5) is 11.4. The molecule has 2 rings (SSSR count). The van der Waals surface area contributed by atoms with Gasteiger partial charge in [0.1, 0.15) is 5.75 Å². The molecule has 0 amide bonds. The summed E-state index contributed by atoms with van der Waals surface area (Å²) in [6, 6.07) is 1.14. The minimum absolute atomic E-state index is 0.109. The highest BCUT2D eigenvalue weighted by Gasteiger charge is 2.17. The van der Waals surface area contributed by atoms with Gasteiger partial charge in [-0.3, -0.25) is 4.79 Å². The van der Waals surface area contributed by atoms with Gasteiger partial charge in [0.05, 0.1) is 6.20 Å². The third-order valence-electron chi connectivity index (χ3n) is 2.24. The van der Waals surface area contributed by atoms with E-state index in [1.165, 1.54) is 10.9 Å². The van der Waals surface area contributed by atoms with Crippen molar-refractivity contribution in [2.45, 2.75) is 25.5 Å². The predicted octanol–water partition coefficient (Wildman–Crippen LogP) is 0.648. The molecule has 1 aromatic rings. The van der Waals surface area contributed by atoms with Crippen LogP contribution >= 0.6 is 0 Å². The minimum atomic E-state index is -0.322. The molecular formula is C9H12N2O3. The Bertz CT molecular complexity index is 369. The second-order valence-corrected chi connectivity index (χ2v) is 3.32. The number of rotatable bonds is 1. The minimum Gasteiger partial charge on any atom is -0.506 e. The molecule has 2 heterocycles. The lowest BCUT2D eigenvalue weighted by atomic mass is 10.2. The summed E-state index contributed by atoms with van der Waals surface area (Å²) in [5.74, 6) is -0.109. The average Bonchev–Trinajstić information content (AvgIpc) is 2.19. The van der Waals surface area contributed by atoms with Crippen LogP contribution in [0.1, 0.15) is 25.5 Å². The Morgan fingerprint density at radius 3 is 3.07 bits per heavy atom. The Labute approximate surface area is 80.9 Å². The lowest BCUT2D eigenvalue weighted by Gasteiger charge is -2.22. The van der Waals surface area contributed by atoms with Gasteiger partial charge in [0.2, 0.25) is 0 Å². The fourth-order valence-electron chi connectivity index (χ4n) is 1.54. The van der Waals surface area contributed by atoms with Crippen molar-refractivity contribution in [3.05, 3.63) is 22.6 Å². The van der Waals surface area contributed by atoms with E-state index in [9.17, 15) is 4.79 Å². The molecular weight excluding hydrogens is 184 g/mol. The van der Waals surface area contributed by atoms with E-state index in [2.05, 4.69) is 5.10 Å². The summed E-state index contributed by atoms with van der Waals surface area (Å²) in [5, 5.41) is 12.8. The van der Waals surface area contributed by atoms with Crippen LogP contribution in [0.5, 0.6) is 5.75 Å². The Kier molecular flexibility index (Phi) is 2.49. The second-order valence-electron chi connectivity index (χ2n) is 3.32. The molecule has 1 N–H and O–H groups in total. The quantitative estimate of drug-likeness (QED) is 0.716. The third kappa shape index (κ3) is 1.77. The molecule has 0 spiro atoms. The van der Waals surface area contributed by atoms with Gasteiger partial charge in [-0.1, -0.05) is 0 Å². The van der Waals surface area contributed by atoms with Gasteiger partial charge in [-0.2, -0.15) is 5.10 Å². The van der Waals surface area contributed by atoms with Crippen molar-refractivity contribution in [3.8, 4) is 5.75 Å². The van der Waals surface area contributed by atoms with Crippen LogP contribution in [0.2, 0.25) is 0 Å². The SMILES string of the molecule is O=c1cc(O)cnn1[C@H]1CCCCO1. The summed E-state index contributed by atoms with van der Waals surface area (Å²) in [6.45, 7) is 0.666. The second kappa shape index (κ2) is 3.79. The molecule has 14 heavy (non-hydrogen) atoms. The van der Waals surface area contributed by atoms with E-state index in [1.807, 2.05) is 0 Å². The highest BCUT2D eigenvalue weighted by Crippen LogP contribution is 2.19. The molecule has 0 aromatic carbocycles. The first kappa shape index (κ1) is 9.21. The lowest BCUT2D eigenvalue weighted by molar-refractivity contribution is -0.0425. The molecule has 0 unspecified atom stereocenters. The van der Waals surface area contributed by atoms with Gasteiger partial charge in [-0.15, -0.1) is 0 Å². The Hall–Kier alpha value is -1.36. The third-order valence-corrected chi connectivity index (χ3v) is 2.24. The fraction of sp³-hybridized carbons (Fsp3) is 0.556. The van der Waals surface area contributed by atoms with E-state index in [4.69, 9.17) is 9.84 Å². The topological polar surface area (TPSA) is 64.3 Å². The molecule has 0 saturated carbocycles. The van der Waals surface area contributed by atoms with Crippen molar-refractivity contribution in [2.75, 3.05) is 6.61 Å². The normalized spacial score (nSPS) is 22.1. The van der Waals surface area contributed by atoms with Gasteiger partial charge in [0, 0.05) is 12.7 Å². The molecule has 1 fully saturated rings. The molecule has 1 atom stereocenters. The molecule has 0 bridgehead atoms. The molecule has 0 radical (unpaired) electrons. The number of aromatic hydroxyl groups is 1. The van der Waals surface area contributed by atoms with Crippen molar-refractivity contribution in [2.24, 2.45) is 0 Å². The molecule has 0 aliphatic carbocycles. The van der Waals surface area contributed by atoms with Gasteiger partial charge in [0.25, 0.3) is 5.56 Å². The van der Waals surface area contributed by atoms with Crippen molar-refractivity contribution in [1.82, 2.24) is 9.78 Å². The zero-order valence-corrected chi connectivity index (χ0v) is 7.72. The van der Waals surface area contributed by atoms with Gasteiger partial charge in [0.15, 0.2) is 6.23 Å². The first-order chi connectivity index (χ1) is 6.77. The summed E-state index contributed by atoms with van der Waals surface area (Å²) in [7, 11) is 0. The van der Waals surface area contributed by atoms with Crippen LogP contribution in [0.15, 0.2) is 17.1 Å². The van der Waals surface area contributed by atoms with E-state index in [0.717, 1.165) is 25.3 Å². The highest BCUT2D eigenvalue weighted by molar-refractivity contribution is 5.10. The van der Waals surface area contributed by atoms with Crippen LogP contribution in [-0.4, -0.2) is 21.5 Å². The van der Waals surface area contributed by atoms with Crippen molar-refractivity contribution in [1.29, 1.82) is 0 Å². The maximum atomic E-state index is 11.4. The standard InChI is InChI=1S/C9H12N2O3/c12-7-5-8(13)11(10-6-7)9-3-1-2-4-14-9/h5-6,9,12H,1-4H2/t9-/m1/s1. The van der Waals surface area contributed by atoms with E-state index < -0.39 is 0 Å². The van der Waals surface area contributed by atoms with E-state index in [1.54, 1.807) is 0 Å². The maximum Gasteiger partial charge on any atom is 0.272 e. The Balaban J connectivity index is 2.26. The maximum absolute atomic E-state index is 11.4. The van der Waals surface area contributed by atoms with E-state index in [0.29, 0.717) is 6.61 Å². The smallest absolute Gasteiger partial charge is 0.272 e. The van der Waals surface area contributed by atoms with Crippen LogP contribution in [0.4, 0.5) is 0 Å². The van der Waals surface area contributed by atoms with Gasteiger partial charge in [-0.05, 0) is 19.3 Å². The Morgan fingerprint density at radius 1 is 1.57 bits per heavy atom. The van der Waals surface area contributed by atoms with Crippen molar-refractivity contribution in [3.63, 3.8) is 0 Å². The number of ether oxygens (including phenoxy) is 1. The number of hydrogen-bond acceptors (Lipinski definition) is 4. The van der Waals surface area contributed by atoms with E-state index in [-0.39, 0.29) is 17.5 Å². The lowest BCUT2D eigenvalue weighted by Crippen LogP contribution is -2.30. The molecule has 5 nitrogen and oxygen atoms in total. The molecule has 76 valence electrons. The van der Waals surface area contributed by atoms with Gasteiger partial charge < -0.3 is 9.84 Å². The summed E-state index contributed by atoms with van der Waals surface area (Å²) in [6.07, 6.45) is 3.86. The zero-order valence-electron chi connectivity index (χ0n) is 7.72. The number of aromatic nitrogens is 2. The molecule has 1 aliphatic heterocycles. The van der Waals surface area contributed by atoms with Crippen LogP contribution < -0.4 is 5.56 Å². The molecule has 5 heteroatoms. The van der Waals surface area contributed by atoms with Crippen molar-refractivity contribution < 1.29 is 9.84 Å². The van der Waals surface area contributed by atoms with Crippen LogP contribution in [0.3, 0.4) is 0 Å². The van der Waals surface area contributed by atoms with E-state index >= 15 is 0 Å². The zero-order chi connectivity index (χ0) is 9.97. The molecule has 1 aromatic heterocycles. The monoisotopic (exact) mass is 196 g/mol. The predicted molar refractivity (Wildman–Crippen MR) is 49.0 cm³/mol. The summed E-state index contributed by atoms with van der Waals surface area (Å²) < 4.78 is 6.68. The highest BCUT2D eigenvalue weighted by atomic mass is 16.5. The van der Waals surface area contributed by atoms with Crippen LogP contribution in [-0.2, 0) is 4.74 Å². The Morgan fingerprint density at radius 2 is 2.43 bits per heavy atom. The van der Waals surface area contributed by atoms with Crippen LogP contribution in [0.25, 0.3) is 0 Å². The van der Waals surface area contributed by atoms with Crippen LogP contribution in [0, 0.1) is 0 Å². The molecule has 1 saturated heterocycles. The molecule has 1 aliphatic rings. The number of nitrogens with zero attached hydrogens (tertiary/aromatic N) is 2. The summed E-state index contributed by atoms with van der Waals surface area (Å²) >= 11 is 0. The first-order valence-corrected chi connectivity index (χ1v) is 4.67. The average molecular weight is 196 g/mol. The number of hydrogen-bond donors (Lipinski definition) is 1. The largest absolute Gasteiger partial charge is 0.506 e. The van der Waals surface area contributed by atoms with Crippen molar-refractivity contribution >= 4 is 0 Å². The fourth-order valence-corrected chi connectivity index (χ4v) is 1.54. The first-order valence-electron chi connectivity index (χ1n) is 4.67. The van der Waals surface area contributed by atoms with Gasteiger partial charge >= 0.3 is 0 Å².